The number of aryl methyl sites for hydroxylation is 1. The number of thioether (sulfide) groups is 1. The molecule has 25 heavy (non-hydrogen) atoms. The van der Waals surface area contributed by atoms with Crippen molar-refractivity contribution < 1.29 is 9.59 Å². The van der Waals surface area contributed by atoms with Crippen LogP contribution in [0.3, 0.4) is 0 Å². The molecule has 132 valence electrons. The first-order valence-corrected chi connectivity index (χ1v) is 9.64. The Balaban J connectivity index is 1.67. The van der Waals surface area contributed by atoms with E-state index in [0.717, 1.165) is 17.8 Å². The van der Waals surface area contributed by atoms with Gasteiger partial charge < -0.3 is 10.6 Å². The molecule has 0 radical (unpaired) electrons. The number of para-hydroxylation sites is 1. The van der Waals surface area contributed by atoms with Crippen molar-refractivity contribution in [2.45, 2.75) is 26.2 Å². The fraction of sp³-hybridized carbons (Fsp3) is 0.300. The first-order valence-electron chi connectivity index (χ1n) is 8.49. The standard InChI is InChI=1S/C20H24N2O2S/c1-2-3-7-16-10-12-18(13-11-16)22-20(24)15-25-14-19(23)21-17-8-5-4-6-9-17/h4-6,8-13H,2-3,7,14-15H2,1H3,(H,21,23)(H,22,24). The lowest BCUT2D eigenvalue weighted by molar-refractivity contribution is -0.114. The van der Waals surface area contributed by atoms with E-state index in [1.54, 1.807) is 0 Å². The zero-order valence-corrected chi connectivity index (χ0v) is 15.3. The quantitative estimate of drug-likeness (QED) is 0.703. The topological polar surface area (TPSA) is 58.2 Å². The summed E-state index contributed by atoms with van der Waals surface area (Å²) in [6, 6.07) is 17.2. The molecule has 2 amide bonds. The number of benzene rings is 2. The Morgan fingerprint density at radius 1 is 0.840 bits per heavy atom. The highest BCUT2D eigenvalue weighted by Crippen LogP contribution is 2.13. The van der Waals surface area contributed by atoms with E-state index in [1.165, 1.54) is 30.2 Å². The molecule has 5 heteroatoms. The molecule has 0 spiro atoms. The van der Waals surface area contributed by atoms with Crippen LogP contribution in [0.4, 0.5) is 11.4 Å². The van der Waals surface area contributed by atoms with Crippen molar-refractivity contribution in [3.8, 4) is 0 Å². The number of amides is 2. The van der Waals surface area contributed by atoms with Gasteiger partial charge in [-0.05, 0) is 42.7 Å². The number of nitrogens with one attached hydrogen (secondary N) is 2. The number of rotatable bonds is 9. The van der Waals surface area contributed by atoms with E-state index in [-0.39, 0.29) is 23.3 Å². The highest BCUT2D eigenvalue weighted by atomic mass is 32.2. The van der Waals surface area contributed by atoms with E-state index in [2.05, 4.69) is 17.6 Å². The van der Waals surface area contributed by atoms with Crippen LogP contribution in [-0.2, 0) is 16.0 Å². The lowest BCUT2D eigenvalue weighted by Crippen LogP contribution is -2.18. The Bertz CT molecular complexity index is 672. The first-order chi connectivity index (χ1) is 12.2. The van der Waals surface area contributed by atoms with Crippen LogP contribution in [-0.4, -0.2) is 23.3 Å². The fourth-order valence-corrected chi connectivity index (χ4v) is 2.90. The van der Waals surface area contributed by atoms with Crippen LogP contribution in [0.1, 0.15) is 25.3 Å². The maximum absolute atomic E-state index is 11.9. The minimum Gasteiger partial charge on any atom is -0.325 e. The normalized spacial score (nSPS) is 10.3. The molecule has 2 N–H and O–H groups in total. The third-order valence-corrected chi connectivity index (χ3v) is 4.51. The van der Waals surface area contributed by atoms with E-state index in [9.17, 15) is 9.59 Å². The summed E-state index contributed by atoms with van der Waals surface area (Å²) in [5.74, 6) is 0.293. The Morgan fingerprint density at radius 2 is 1.40 bits per heavy atom. The van der Waals surface area contributed by atoms with Gasteiger partial charge in [-0.15, -0.1) is 11.8 Å². The second kappa shape index (κ2) is 10.6. The van der Waals surface area contributed by atoms with Crippen LogP contribution in [0.25, 0.3) is 0 Å². The predicted octanol–water partition coefficient (Wildman–Crippen LogP) is 4.34. The van der Waals surface area contributed by atoms with Crippen LogP contribution < -0.4 is 10.6 Å². The molecule has 0 heterocycles. The maximum atomic E-state index is 11.9. The van der Waals surface area contributed by atoms with Gasteiger partial charge in [0.05, 0.1) is 11.5 Å². The molecule has 0 aliphatic heterocycles. The van der Waals surface area contributed by atoms with E-state index >= 15 is 0 Å². The summed E-state index contributed by atoms with van der Waals surface area (Å²) in [6.07, 6.45) is 3.41. The van der Waals surface area contributed by atoms with Crippen molar-refractivity contribution in [3.63, 3.8) is 0 Å². The fourth-order valence-electron chi connectivity index (χ4n) is 2.29. The Hall–Kier alpha value is -2.27. The third kappa shape index (κ3) is 7.44. The van der Waals surface area contributed by atoms with Crippen LogP contribution in [0.15, 0.2) is 54.6 Å². The average Bonchev–Trinajstić information content (AvgIpc) is 2.62. The van der Waals surface area contributed by atoms with Gasteiger partial charge >= 0.3 is 0 Å². The SMILES string of the molecule is CCCCc1ccc(NC(=O)CSCC(=O)Nc2ccccc2)cc1. The molecule has 2 aromatic rings. The molecule has 4 nitrogen and oxygen atoms in total. The summed E-state index contributed by atoms with van der Waals surface area (Å²) < 4.78 is 0. The molecular weight excluding hydrogens is 332 g/mol. The number of anilines is 2. The van der Waals surface area contributed by atoms with Crippen LogP contribution in [0.2, 0.25) is 0 Å². The molecule has 0 unspecified atom stereocenters. The van der Waals surface area contributed by atoms with Gasteiger partial charge in [-0.25, -0.2) is 0 Å². The second-order valence-electron chi connectivity index (χ2n) is 5.76. The third-order valence-electron chi connectivity index (χ3n) is 3.58. The van der Waals surface area contributed by atoms with E-state index in [4.69, 9.17) is 0 Å². The van der Waals surface area contributed by atoms with Gasteiger partial charge in [0, 0.05) is 11.4 Å². The Kier molecular flexibility index (Phi) is 8.05. The van der Waals surface area contributed by atoms with Crippen molar-refractivity contribution in [1.82, 2.24) is 0 Å². The highest BCUT2D eigenvalue weighted by Gasteiger charge is 2.06. The van der Waals surface area contributed by atoms with Crippen molar-refractivity contribution in [1.29, 1.82) is 0 Å². The summed E-state index contributed by atoms with van der Waals surface area (Å²) in [4.78, 5) is 23.8. The first kappa shape index (κ1) is 19.1. The number of carbonyl (C=O) groups is 2. The molecule has 0 saturated carbocycles. The number of hydrogen-bond donors (Lipinski definition) is 2. The average molecular weight is 356 g/mol. The van der Waals surface area contributed by atoms with Crippen molar-refractivity contribution >= 4 is 35.0 Å². The molecule has 0 fully saturated rings. The Labute approximate surface area is 153 Å². The smallest absolute Gasteiger partial charge is 0.234 e. The van der Waals surface area contributed by atoms with Crippen LogP contribution >= 0.6 is 11.8 Å². The summed E-state index contributed by atoms with van der Waals surface area (Å²) in [6.45, 7) is 2.17. The van der Waals surface area contributed by atoms with Gasteiger partial charge in [0.15, 0.2) is 0 Å². The number of carbonyl (C=O) groups excluding carboxylic acids is 2. The molecule has 0 saturated heterocycles. The van der Waals surface area contributed by atoms with Crippen LogP contribution in [0.5, 0.6) is 0 Å². The molecule has 0 aromatic heterocycles. The minimum atomic E-state index is -0.107. The monoisotopic (exact) mass is 356 g/mol. The number of hydrogen-bond acceptors (Lipinski definition) is 3. The van der Waals surface area contributed by atoms with E-state index in [1.807, 2.05) is 54.6 Å². The van der Waals surface area contributed by atoms with E-state index < -0.39 is 0 Å². The maximum Gasteiger partial charge on any atom is 0.234 e. The molecule has 0 atom stereocenters. The zero-order valence-electron chi connectivity index (χ0n) is 14.5. The molecule has 0 bridgehead atoms. The Morgan fingerprint density at radius 3 is 1.96 bits per heavy atom. The predicted molar refractivity (Wildman–Crippen MR) is 106 cm³/mol. The molecule has 2 aromatic carbocycles. The van der Waals surface area contributed by atoms with Gasteiger partial charge in [-0.1, -0.05) is 43.7 Å². The van der Waals surface area contributed by atoms with Gasteiger partial charge in [0.1, 0.15) is 0 Å². The molecule has 0 aliphatic carbocycles. The largest absolute Gasteiger partial charge is 0.325 e. The van der Waals surface area contributed by atoms with Crippen molar-refractivity contribution in [2.24, 2.45) is 0 Å². The van der Waals surface area contributed by atoms with Crippen LogP contribution in [0, 0.1) is 0 Å². The summed E-state index contributed by atoms with van der Waals surface area (Å²) in [5.41, 5.74) is 2.84. The van der Waals surface area contributed by atoms with Gasteiger partial charge in [-0.3, -0.25) is 9.59 Å². The summed E-state index contributed by atoms with van der Waals surface area (Å²) in [7, 11) is 0. The van der Waals surface area contributed by atoms with Gasteiger partial charge in [0.25, 0.3) is 0 Å². The molecular formula is C20H24N2O2S. The summed E-state index contributed by atoms with van der Waals surface area (Å²) >= 11 is 1.30. The van der Waals surface area contributed by atoms with E-state index in [0.29, 0.717) is 0 Å². The lowest BCUT2D eigenvalue weighted by atomic mass is 10.1. The molecule has 2 rings (SSSR count). The molecule has 0 aliphatic rings. The van der Waals surface area contributed by atoms with Gasteiger partial charge in [0.2, 0.25) is 11.8 Å². The summed E-state index contributed by atoms with van der Waals surface area (Å²) in [5, 5.41) is 5.65. The van der Waals surface area contributed by atoms with Crippen molar-refractivity contribution in [2.75, 3.05) is 22.1 Å². The minimum absolute atomic E-state index is 0.0983. The van der Waals surface area contributed by atoms with Crippen molar-refractivity contribution in [3.05, 3.63) is 60.2 Å². The van der Waals surface area contributed by atoms with Gasteiger partial charge in [-0.2, -0.15) is 0 Å². The highest BCUT2D eigenvalue weighted by molar-refractivity contribution is 8.00. The number of unbranched alkanes of at least 4 members (excludes halogenated alkanes) is 1. The lowest BCUT2D eigenvalue weighted by Gasteiger charge is -2.07. The second-order valence-corrected chi connectivity index (χ2v) is 6.74. The zero-order chi connectivity index (χ0) is 17.9.